The van der Waals surface area contributed by atoms with Gasteiger partial charge in [0.1, 0.15) is 0 Å². The Bertz CT molecular complexity index is 263. The molecule has 2 saturated carbocycles. The number of nitrogens with two attached hydrogens (primary N) is 2. The van der Waals surface area contributed by atoms with Crippen molar-refractivity contribution >= 4 is 5.91 Å². The molecule has 2 aliphatic rings. The Balaban J connectivity index is 2.04. The zero-order valence-electron chi connectivity index (χ0n) is 10.6. The van der Waals surface area contributed by atoms with Gasteiger partial charge in [-0.15, -0.1) is 0 Å². The zero-order chi connectivity index (χ0) is 12.3. The number of hydrogen-bond acceptors (Lipinski definition) is 3. The second-order valence-corrected chi connectivity index (χ2v) is 5.59. The van der Waals surface area contributed by atoms with E-state index >= 15 is 0 Å². The molecular formula is C13H25N3O. The van der Waals surface area contributed by atoms with Gasteiger partial charge in [-0.2, -0.15) is 0 Å². The fourth-order valence-corrected chi connectivity index (χ4v) is 3.48. The molecule has 4 heteroatoms. The normalized spacial score (nSPS) is 30.9. The molecule has 0 radical (unpaired) electrons. The van der Waals surface area contributed by atoms with Gasteiger partial charge in [0.15, 0.2) is 0 Å². The van der Waals surface area contributed by atoms with Gasteiger partial charge in [0, 0.05) is 18.1 Å². The number of amides is 1. The Labute approximate surface area is 104 Å². The molecule has 4 N–H and O–H groups in total. The monoisotopic (exact) mass is 239 g/mol. The molecule has 2 fully saturated rings. The lowest BCUT2D eigenvalue weighted by Gasteiger charge is -2.41. The van der Waals surface area contributed by atoms with Crippen molar-refractivity contribution in [1.82, 2.24) is 4.90 Å². The van der Waals surface area contributed by atoms with E-state index < -0.39 is 0 Å². The highest BCUT2D eigenvalue weighted by Gasteiger charge is 2.34. The molecular weight excluding hydrogens is 214 g/mol. The van der Waals surface area contributed by atoms with Gasteiger partial charge >= 0.3 is 0 Å². The average molecular weight is 239 g/mol. The van der Waals surface area contributed by atoms with Crippen LogP contribution in [0.3, 0.4) is 0 Å². The van der Waals surface area contributed by atoms with E-state index in [4.69, 9.17) is 11.5 Å². The second kappa shape index (κ2) is 5.83. The SMILES string of the molecule is NC(=O)CN(C1CCCC1)C1CCCCC1N. The van der Waals surface area contributed by atoms with Crippen molar-refractivity contribution in [3.8, 4) is 0 Å². The largest absolute Gasteiger partial charge is 0.369 e. The first-order valence-electron chi connectivity index (χ1n) is 6.98. The lowest BCUT2D eigenvalue weighted by Crippen LogP contribution is -2.55. The van der Waals surface area contributed by atoms with Gasteiger partial charge in [-0.25, -0.2) is 0 Å². The van der Waals surface area contributed by atoms with Crippen LogP contribution in [-0.2, 0) is 4.79 Å². The fourth-order valence-electron chi connectivity index (χ4n) is 3.48. The maximum atomic E-state index is 11.3. The maximum Gasteiger partial charge on any atom is 0.231 e. The topological polar surface area (TPSA) is 72.4 Å². The standard InChI is InChI=1S/C13H25N3O/c14-11-7-3-4-8-12(11)16(9-13(15)17)10-5-1-2-6-10/h10-12H,1-9,14H2,(H2,15,17). The van der Waals surface area contributed by atoms with E-state index in [2.05, 4.69) is 4.90 Å². The van der Waals surface area contributed by atoms with Gasteiger partial charge in [-0.3, -0.25) is 9.69 Å². The summed E-state index contributed by atoms with van der Waals surface area (Å²) in [5, 5.41) is 0. The highest BCUT2D eigenvalue weighted by atomic mass is 16.1. The molecule has 0 aromatic heterocycles. The molecule has 0 saturated heterocycles. The Hall–Kier alpha value is -0.610. The summed E-state index contributed by atoms with van der Waals surface area (Å²) in [6.07, 6.45) is 9.65. The number of nitrogens with zero attached hydrogens (tertiary/aromatic N) is 1. The second-order valence-electron chi connectivity index (χ2n) is 5.59. The number of rotatable bonds is 4. The first-order chi connectivity index (χ1) is 8.18. The van der Waals surface area contributed by atoms with Gasteiger partial charge < -0.3 is 11.5 Å². The molecule has 2 unspecified atom stereocenters. The Morgan fingerprint density at radius 1 is 1.06 bits per heavy atom. The molecule has 1 amide bonds. The molecule has 17 heavy (non-hydrogen) atoms. The van der Waals surface area contributed by atoms with Crippen molar-refractivity contribution in [3.63, 3.8) is 0 Å². The first kappa shape index (κ1) is 12.8. The Kier molecular flexibility index (Phi) is 4.40. The van der Waals surface area contributed by atoms with E-state index in [9.17, 15) is 4.79 Å². The van der Waals surface area contributed by atoms with Crippen LogP contribution >= 0.6 is 0 Å². The summed E-state index contributed by atoms with van der Waals surface area (Å²) in [7, 11) is 0. The molecule has 2 atom stereocenters. The predicted octanol–water partition coefficient (Wildman–Crippen LogP) is 0.986. The summed E-state index contributed by atoms with van der Waals surface area (Å²) < 4.78 is 0. The summed E-state index contributed by atoms with van der Waals surface area (Å²) in [4.78, 5) is 13.6. The lowest BCUT2D eigenvalue weighted by atomic mass is 9.88. The molecule has 4 nitrogen and oxygen atoms in total. The first-order valence-corrected chi connectivity index (χ1v) is 6.98. The van der Waals surface area contributed by atoms with Crippen molar-refractivity contribution in [2.75, 3.05) is 6.54 Å². The van der Waals surface area contributed by atoms with Gasteiger partial charge in [-0.1, -0.05) is 25.7 Å². The fraction of sp³-hybridized carbons (Fsp3) is 0.923. The van der Waals surface area contributed by atoms with Crippen LogP contribution < -0.4 is 11.5 Å². The van der Waals surface area contributed by atoms with Gasteiger partial charge in [0.25, 0.3) is 0 Å². The molecule has 0 aromatic rings. The number of carbonyl (C=O) groups is 1. The third-order valence-corrected chi connectivity index (χ3v) is 4.34. The smallest absolute Gasteiger partial charge is 0.231 e. The molecule has 0 bridgehead atoms. The summed E-state index contributed by atoms with van der Waals surface area (Å²) in [5.41, 5.74) is 11.6. The van der Waals surface area contributed by atoms with Crippen molar-refractivity contribution < 1.29 is 4.79 Å². The number of hydrogen-bond donors (Lipinski definition) is 2. The molecule has 0 aliphatic heterocycles. The van der Waals surface area contributed by atoms with Crippen molar-refractivity contribution in [3.05, 3.63) is 0 Å². The average Bonchev–Trinajstić information content (AvgIpc) is 2.80. The van der Waals surface area contributed by atoms with Crippen molar-refractivity contribution in [2.24, 2.45) is 11.5 Å². The number of carbonyl (C=O) groups excluding carboxylic acids is 1. The Morgan fingerprint density at radius 3 is 2.24 bits per heavy atom. The zero-order valence-corrected chi connectivity index (χ0v) is 10.6. The third kappa shape index (κ3) is 3.19. The van der Waals surface area contributed by atoms with Crippen LogP contribution in [0.4, 0.5) is 0 Å². The quantitative estimate of drug-likeness (QED) is 0.768. The summed E-state index contributed by atoms with van der Waals surface area (Å²) in [6.45, 7) is 0.392. The molecule has 0 aromatic carbocycles. The van der Waals surface area contributed by atoms with E-state index in [0.717, 1.165) is 12.8 Å². The molecule has 2 rings (SSSR count). The summed E-state index contributed by atoms with van der Waals surface area (Å²) in [5.74, 6) is -0.213. The van der Waals surface area contributed by atoms with Crippen LogP contribution in [0.2, 0.25) is 0 Å². The van der Waals surface area contributed by atoms with Gasteiger partial charge in [-0.05, 0) is 25.7 Å². The van der Waals surface area contributed by atoms with Crippen LogP contribution in [-0.4, -0.2) is 35.5 Å². The van der Waals surface area contributed by atoms with Crippen LogP contribution in [0.5, 0.6) is 0 Å². The predicted molar refractivity (Wildman–Crippen MR) is 68.4 cm³/mol. The molecule has 98 valence electrons. The van der Waals surface area contributed by atoms with Crippen LogP contribution in [0.15, 0.2) is 0 Å². The van der Waals surface area contributed by atoms with E-state index in [0.29, 0.717) is 18.6 Å². The van der Waals surface area contributed by atoms with E-state index in [-0.39, 0.29) is 11.9 Å². The minimum absolute atomic E-state index is 0.213. The van der Waals surface area contributed by atoms with Crippen molar-refractivity contribution in [1.29, 1.82) is 0 Å². The highest BCUT2D eigenvalue weighted by molar-refractivity contribution is 5.76. The molecule has 0 spiro atoms. The summed E-state index contributed by atoms with van der Waals surface area (Å²) in [6, 6.07) is 1.14. The number of primary amides is 1. The molecule has 0 heterocycles. The highest BCUT2D eigenvalue weighted by Crippen LogP contribution is 2.30. The van der Waals surface area contributed by atoms with Crippen LogP contribution in [0.1, 0.15) is 51.4 Å². The van der Waals surface area contributed by atoms with E-state index in [1.54, 1.807) is 0 Å². The van der Waals surface area contributed by atoms with Crippen LogP contribution in [0.25, 0.3) is 0 Å². The van der Waals surface area contributed by atoms with Gasteiger partial charge in [0.05, 0.1) is 6.54 Å². The summed E-state index contributed by atoms with van der Waals surface area (Å²) >= 11 is 0. The lowest BCUT2D eigenvalue weighted by molar-refractivity contribution is -0.120. The minimum atomic E-state index is -0.213. The Morgan fingerprint density at radius 2 is 1.65 bits per heavy atom. The van der Waals surface area contributed by atoms with E-state index in [1.807, 2.05) is 0 Å². The maximum absolute atomic E-state index is 11.3. The van der Waals surface area contributed by atoms with Crippen molar-refractivity contribution in [2.45, 2.75) is 69.5 Å². The van der Waals surface area contributed by atoms with Gasteiger partial charge in [0.2, 0.25) is 5.91 Å². The van der Waals surface area contributed by atoms with E-state index in [1.165, 1.54) is 38.5 Å². The minimum Gasteiger partial charge on any atom is -0.369 e. The van der Waals surface area contributed by atoms with Crippen LogP contribution in [0, 0.1) is 0 Å². The molecule has 2 aliphatic carbocycles. The third-order valence-electron chi connectivity index (χ3n) is 4.34.